The Morgan fingerprint density at radius 3 is 1.41 bits per heavy atom. The summed E-state index contributed by atoms with van der Waals surface area (Å²) in [6, 6.07) is -2.04. The number of hydrogen-bond acceptors (Lipinski definition) is 2. The molecule has 13 heteroatoms. The van der Waals surface area contributed by atoms with Gasteiger partial charge >= 0.3 is 36.0 Å². The molecule has 0 saturated carbocycles. The molecular formula is C14H17F10NO2. The summed E-state index contributed by atoms with van der Waals surface area (Å²) < 4.78 is 127. The minimum Gasteiger partial charge on any atom is -0.269 e. The van der Waals surface area contributed by atoms with Crippen LogP contribution in [0.5, 0.6) is 0 Å². The summed E-state index contributed by atoms with van der Waals surface area (Å²) in [5.74, 6) is -19.6. The van der Waals surface area contributed by atoms with E-state index in [4.69, 9.17) is 0 Å². The number of alkyl halides is 10. The molecule has 0 heterocycles. The zero-order valence-corrected chi connectivity index (χ0v) is 14.2. The van der Waals surface area contributed by atoms with Gasteiger partial charge in [-0.05, 0) is 13.3 Å². The van der Waals surface area contributed by atoms with E-state index in [-0.39, 0.29) is 6.42 Å². The quantitative estimate of drug-likeness (QED) is 0.404. The maximum Gasteiger partial charge on any atom is 0.463 e. The van der Waals surface area contributed by atoms with Gasteiger partial charge in [-0.1, -0.05) is 32.6 Å². The Kier molecular flexibility index (Phi) is 8.13. The molecule has 1 unspecified atom stereocenters. The van der Waals surface area contributed by atoms with Crippen molar-refractivity contribution in [2.45, 2.75) is 76.2 Å². The number of nitrogens with zero attached hydrogens (tertiary/aromatic N) is 1. The van der Waals surface area contributed by atoms with Gasteiger partial charge in [0.1, 0.15) is 0 Å². The highest BCUT2D eigenvalue weighted by Gasteiger charge is 2.70. The van der Waals surface area contributed by atoms with Crippen LogP contribution in [0.15, 0.2) is 0 Å². The summed E-state index contributed by atoms with van der Waals surface area (Å²) in [6.07, 6.45) is -12.2. The third-order valence-electron chi connectivity index (χ3n) is 3.60. The third-order valence-corrected chi connectivity index (χ3v) is 3.60. The zero-order chi connectivity index (χ0) is 21.8. The molecule has 0 radical (unpaired) electrons. The van der Waals surface area contributed by atoms with Crippen molar-refractivity contribution in [2.24, 2.45) is 0 Å². The van der Waals surface area contributed by atoms with Crippen molar-refractivity contribution in [2.75, 3.05) is 0 Å². The van der Waals surface area contributed by atoms with Crippen LogP contribution in [0.2, 0.25) is 0 Å². The predicted octanol–water partition coefficient (Wildman–Crippen LogP) is 5.10. The van der Waals surface area contributed by atoms with E-state index in [2.05, 4.69) is 0 Å². The fraction of sp³-hybridized carbons (Fsp3) is 0.857. The van der Waals surface area contributed by atoms with Crippen molar-refractivity contribution < 1.29 is 53.5 Å². The monoisotopic (exact) mass is 421 g/mol. The molecule has 0 rings (SSSR count). The number of amides is 2. The Morgan fingerprint density at radius 2 is 1.11 bits per heavy atom. The van der Waals surface area contributed by atoms with E-state index in [1.54, 1.807) is 6.92 Å². The first-order chi connectivity index (χ1) is 11.9. The second-order valence-corrected chi connectivity index (χ2v) is 5.82. The molecule has 0 aliphatic rings. The Labute approximate surface area is 147 Å². The van der Waals surface area contributed by atoms with Crippen molar-refractivity contribution in [1.29, 1.82) is 0 Å². The van der Waals surface area contributed by atoms with Gasteiger partial charge < -0.3 is 0 Å². The van der Waals surface area contributed by atoms with E-state index >= 15 is 0 Å². The smallest absolute Gasteiger partial charge is 0.269 e. The lowest BCUT2D eigenvalue weighted by molar-refractivity contribution is -0.284. The van der Waals surface area contributed by atoms with Gasteiger partial charge in [0, 0.05) is 6.04 Å². The van der Waals surface area contributed by atoms with Crippen LogP contribution >= 0.6 is 0 Å². The number of unbranched alkanes of at least 4 members (excludes halogenated alkanes) is 3. The first-order valence-corrected chi connectivity index (χ1v) is 7.70. The summed E-state index contributed by atoms with van der Waals surface area (Å²) >= 11 is 0. The van der Waals surface area contributed by atoms with Gasteiger partial charge in [0.25, 0.3) is 0 Å². The Morgan fingerprint density at radius 1 is 0.741 bits per heavy atom. The molecule has 0 aromatic carbocycles. The lowest BCUT2D eigenvalue weighted by Crippen LogP contribution is -2.62. The lowest BCUT2D eigenvalue weighted by Gasteiger charge is -2.33. The standard InChI is InChI=1S/C14H17F10NO2/c1-3-4-5-6-7-8(2)25(9(26)11(15,16)13(19,20)21)10(27)12(17,18)14(22,23)24/h8H,3-7H2,1-2H3. The maximum absolute atomic E-state index is 13.2. The van der Waals surface area contributed by atoms with E-state index < -0.39 is 53.4 Å². The van der Waals surface area contributed by atoms with Crippen LogP contribution in [0.25, 0.3) is 0 Å². The number of halogens is 10. The number of hydrogen-bond donors (Lipinski definition) is 0. The normalized spacial score (nSPS) is 14.8. The van der Waals surface area contributed by atoms with Crippen molar-refractivity contribution in [3.05, 3.63) is 0 Å². The van der Waals surface area contributed by atoms with Crippen LogP contribution in [-0.4, -0.2) is 47.0 Å². The van der Waals surface area contributed by atoms with Crippen molar-refractivity contribution in [1.82, 2.24) is 4.90 Å². The molecule has 0 aliphatic heterocycles. The molecule has 0 saturated heterocycles. The molecule has 0 aliphatic carbocycles. The number of carbonyl (C=O) groups is 2. The number of rotatable bonds is 8. The average Bonchev–Trinajstić information content (AvgIpc) is 2.49. The largest absolute Gasteiger partial charge is 0.463 e. The number of carbonyl (C=O) groups excluding carboxylic acids is 2. The molecule has 1 atom stereocenters. The summed E-state index contributed by atoms with van der Waals surface area (Å²) in [6.45, 7) is 2.39. The third kappa shape index (κ3) is 5.71. The highest BCUT2D eigenvalue weighted by molar-refractivity contribution is 6.02. The van der Waals surface area contributed by atoms with Crippen molar-refractivity contribution >= 4 is 11.8 Å². The highest BCUT2D eigenvalue weighted by Crippen LogP contribution is 2.41. The molecule has 3 nitrogen and oxygen atoms in total. The molecule has 27 heavy (non-hydrogen) atoms. The molecule has 0 fully saturated rings. The second kappa shape index (κ2) is 8.63. The van der Waals surface area contributed by atoms with Crippen LogP contribution < -0.4 is 0 Å². The first-order valence-electron chi connectivity index (χ1n) is 7.70. The van der Waals surface area contributed by atoms with Crippen LogP contribution in [0.1, 0.15) is 46.0 Å². The van der Waals surface area contributed by atoms with Gasteiger partial charge in [-0.3, -0.25) is 14.5 Å². The zero-order valence-electron chi connectivity index (χ0n) is 14.2. The average molecular weight is 421 g/mol. The summed E-state index contributed by atoms with van der Waals surface area (Å²) in [4.78, 5) is 21.7. The van der Waals surface area contributed by atoms with Gasteiger partial charge in [-0.2, -0.15) is 43.9 Å². The van der Waals surface area contributed by atoms with Crippen LogP contribution in [0, 0.1) is 0 Å². The van der Waals surface area contributed by atoms with Crippen LogP contribution in [0.3, 0.4) is 0 Å². The lowest BCUT2D eigenvalue weighted by atomic mass is 10.0. The fourth-order valence-electron chi connectivity index (χ4n) is 2.03. The molecule has 160 valence electrons. The van der Waals surface area contributed by atoms with E-state index in [0.717, 1.165) is 0 Å². The van der Waals surface area contributed by atoms with Crippen LogP contribution in [-0.2, 0) is 9.59 Å². The maximum atomic E-state index is 13.2. The van der Waals surface area contributed by atoms with E-state index in [1.165, 1.54) is 0 Å². The summed E-state index contributed by atoms with van der Waals surface area (Å²) in [7, 11) is 0. The van der Waals surface area contributed by atoms with Gasteiger partial charge in [-0.25, -0.2) is 0 Å². The molecular weight excluding hydrogens is 404 g/mol. The van der Waals surface area contributed by atoms with Gasteiger partial charge in [0.2, 0.25) is 0 Å². The van der Waals surface area contributed by atoms with E-state index in [1.807, 2.05) is 0 Å². The Hall–Kier alpha value is -1.56. The van der Waals surface area contributed by atoms with Crippen LogP contribution in [0.4, 0.5) is 43.9 Å². The van der Waals surface area contributed by atoms with Gasteiger partial charge in [0.15, 0.2) is 0 Å². The minimum atomic E-state index is -6.59. The molecule has 0 spiro atoms. The Bertz CT molecular complexity index is 489. The molecule has 0 N–H and O–H groups in total. The second-order valence-electron chi connectivity index (χ2n) is 5.82. The molecule has 0 bridgehead atoms. The number of imide groups is 1. The molecule has 0 aromatic rings. The predicted molar refractivity (Wildman–Crippen MR) is 72.1 cm³/mol. The first kappa shape index (κ1) is 25.4. The van der Waals surface area contributed by atoms with E-state index in [0.29, 0.717) is 26.2 Å². The van der Waals surface area contributed by atoms with Crippen molar-refractivity contribution in [3.8, 4) is 0 Å². The topological polar surface area (TPSA) is 37.4 Å². The van der Waals surface area contributed by atoms with Crippen molar-refractivity contribution in [3.63, 3.8) is 0 Å². The van der Waals surface area contributed by atoms with Gasteiger partial charge in [0.05, 0.1) is 0 Å². The summed E-state index contributed by atoms with van der Waals surface area (Å²) in [5.41, 5.74) is 0. The fourth-order valence-corrected chi connectivity index (χ4v) is 2.03. The van der Waals surface area contributed by atoms with Gasteiger partial charge in [-0.15, -0.1) is 0 Å². The van der Waals surface area contributed by atoms with E-state index in [9.17, 15) is 53.5 Å². The minimum absolute atomic E-state index is 0.00124. The molecule has 0 aromatic heterocycles. The Balaban J connectivity index is 5.91. The molecule has 2 amide bonds. The summed E-state index contributed by atoms with van der Waals surface area (Å²) in [5, 5.41) is 0. The SMILES string of the molecule is CCCCCCC(C)N(C(=O)C(F)(F)C(F)(F)F)C(=O)C(F)(F)C(F)(F)F. The highest BCUT2D eigenvalue weighted by atomic mass is 19.4.